The highest BCUT2D eigenvalue weighted by atomic mass is 19.4. The van der Waals surface area contributed by atoms with Gasteiger partial charge in [-0.3, -0.25) is 9.48 Å². The minimum absolute atomic E-state index is 0.0232. The largest absolute Gasteiger partial charge is 0.494 e. The minimum atomic E-state index is -4.52. The van der Waals surface area contributed by atoms with E-state index in [1.807, 2.05) is 0 Å². The number of halogens is 4. The average molecular weight is 302 g/mol. The number of hydrogen-bond acceptors (Lipinski definition) is 3. The fraction of sp³-hybridized carbons (Fsp3) is 0.231. The molecule has 0 bridgehead atoms. The van der Waals surface area contributed by atoms with Crippen LogP contribution in [-0.2, 0) is 12.7 Å². The van der Waals surface area contributed by atoms with Gasteiger partial charge in [0.1, 0.15) is 6.54 Å². The van der Waals surface area contributed by atoms with Crippen LogP contribution in [0.4, 0.5) is 17.6 Å². The van der Waals surface area contributed by atoms with Gasteiger partial charge in [-0.2, -0.15) is 18.3 Å². The van der Waals surface area contributed by atoms with Crippen molar-refractivity contribution in [2.75, 3.05) is 7.11 Å². The summed E-state index contributed by atoms with van der Waals surface area (Å²) in [6.45, 7) is -0.415. The van der Waals surface area contributed by atoms with Crippen LogP contribution >= 0.6 is 0 Å². The standard InChI is InChI=1S/C13H10F4N2O2/c1-21-12-3-2-8(4-10(12)14)11(20)7-19-6-9(5-18-19)13(15,16)17/h2-6H,7H2,1H3. The number of Topliss-reactive ketones (excluding diaryl/α,β-unsaturated/α-hetero) is 1. The second-order valence-electron chi connectivity index (χ2n) is 4.20. The van der Waals surface area contributed by atoms with Crippen LogP contribution in [0.1, 0.15) is 15.9 Å². The summed E-state index contributed by atoms with van der Waals surface area (Å²) >= 11 is 0. The summed E-state index contributed by atoms with van der Waals surface area (Å²) in [7, 11) is 1.28. The van der Waals surface area contributed by atoms with Crippen LogP contribution in [0.2, 0.25) is 0 Å². The molecule has 4 nitrogen and oxygen atoms in total. The van der Waals surface area contributed by atoms with E-state index in [1.54, 1.807) is 0 Å². The zero-order valence-corrected chi connectivity index (χ0v) is 10.8. The monoisotopic (exact) mass is 302 g/mol. The van der Waals surface area contributed by atoms with Crippen molar-refractivity contribution in [1.29, 1.82) is 0 Å². The summed E-state index contributed by atoms with van der Waals surface area (Å²) in [4.78, 5) is 11.9. The smallest absolute Gasteiger partial charge is 0.419 e. The lowest BCUT2D eigenvalue weighted by molar-refractivity contribution is -0.137. The predicted octanol–water partition coefficient (Wildman–Crippen LogP) is 2.93. The molecule has 0 amide bonds. The number of ether oxygens (including phenoxy) is 1. The normalized spacial score (nSPS) is 11.5. The summed E-state index contributed by atoms with van der Waals surface area (Å²) in [5.41, 5.74) is -0.923. The fourth-order valence-electron chi connectivity index (χ4n) is 1.67. The quantitative estimate of drug-likeness (QED) is 0.644. The maximum Gasteiger partial charge on any atom is 0.419 e. The van der Waals surface area contributed by atoms with Gasteiger partial charge in [0.2, 0.25) is 0 Å². The number of aromatic nitrogens is 2. The molecule has 2 rings (SSSR count). The number of benzene rings is 1. The van der Waals surface area contributed by atoms with Gasteiger partial charge in [-0.05, 0) is 18.2 Å². The number of nitrogens with zero attached hydrogens (tertiary/aromatic N) is 2. The number of ketones is 1. The first-order valence-corrected chi connectivity index (χ1v) is 5.77. The lowest BCUT2D eigenvalue weighted by Gasteiger charge is -2.05. The van der Waals surface area contributed by atoms with Crippen LogP contribution < -0.4 is 4.74 Å². The van der Waals surface area contributed by atoms with Crippen molar-refractivity contribution in [2.24, 2.45) is 0 Å². The van der Waals surface area contributed by atoms with E-state index in [1.165, 1.54) is 19.2 Å². The Balaban J connectivity index is 2.14. The molecular weight excluding hydrogens is 292 g/mol. The Hall–Kier alpha value is -2.38. The molecular formula is C13H10F4N2O2. The number of hydrogen-bond donors (Lipinski definition) is 0. The van der Waals surface area contributed by atoms with E-state index in [0.717, 1.165) is 16.9 Å². The summed E-state index contributed by atoms with van der Waals surface area (Å²) in [5, 5.41) is 3.46. The maximum atomic E-state index is 13.5. The van der Waals surface area contributed by atoms with Crippen molar-refractivity contribution in [3.8, 4) is 5.75 Å². The summed E-state index contributed by atoms with van der Waals surface area (Å²) < 4.78 is 56.2. The molecule has 0 aliphatic heterocycles. The van der Waals surface area contributed by atoms with Crippen molar-refractivity contribution < 1.29 is 27.1 Å². The Bertz CT molecular complexity index is 664. The molecule has 1 aromatic carbocycles. The molecule has 112 valence electrons. The highest BCUT2D eigenvalue weighted by Crippen LogP contribution is 2.28. The van der Waals surface area contributed by atoms with Crippen molar-refractivity contribution in [3.63, 3.8) is 0 Å². The van der Waals surface area contributed by atoms with E-state index in [0.29, 0.717) is 6.20 Å². The molecule has 8 heteroatoms. The predicted molar refractivity (Wildman–Crippen MR) is 64.5 cm³/mol. The van der Waals surface area contributed by atoms with Crippen molar-refractivity contribution in [1.82, 2.24) is 9.78 Å². The molecule has 0 aliphatic carbocycles. The van der Waals surface area contributed by atoms with E-state index in [4.69, 9.17) is 4.74 Å². The first kappa shape index (κ1) is 15.0. The number of alkyl halides is 3. The van der Waals surface area contributed by atoms with Gasteiger partial charge < -0.3 is 4.74 Å². The van der Waals surface area contributed by atoms with Crippen LogP contribution in [-0.4, -0.2) is 22.7 Å². The van der Waals surface area contributed by atoms with Gasteiger partial charge in [0.05, 0.1) is 18.9 Å². The molecule has 0 saturated carbocycles. The average Bonchev–Trinajstić information content (AvgIpc) is 2.87. The number of rotatable bonds is 4. The van der Waals surface area contributed by atoms with Gasteiger partial charge >= 0.3 is 6.18 Å². The SMILES string of the molecule is COc1ccc(C(=O)Cn2cc(C(F)(F)F)cn2)cc1F. The Labute approximate surface area is 116 Å². The molecule has 1 aromatic heterocycles. The van der Waals surface area contributed by atoms with Crippen LogP contribution in [0.5, 0.6) is 5.75 Å². The van der Waals surface area contributed by atoms with Crippen molar-refractivity contribution in [2.45, 2.75) is 12.7 Å². The maximum absolute atomic E-state index is 13.5. The van der Waals surface area contributed by atoms with Crippen LogP contribution in [0.3, 0.4) is 0 Å². The van der Waals surface area contributed by atoms with Gasteiger partial charge in [0.25, 0.3) is 0 Å². The summed E-state index contributed by atoms with van der Waals surface area (Å²) in [6.07, 6.45) is -3.17. The van der Waals surface area contributed by atoms with E-state index >= 15 is 0 Å². The second kappa shape index (κ2) is 5.55. The Morgan fingerprint density at radius 1 is 1.38 bits per heavy atom. The Kier molecular flexibility index (Phi) is 3.97. The molecule has 21 heavy (non-hydrogen) atoms. The third kappa shape index (κ3) is 3.39. The van der Waals surface area contributed by atoms with Crippen molar-refractivity contribution in [3.05, 3.63) is 47.5 Å². The highest BCUT2D eigenvalue weighted by Gasteiger charge is 2.32. The third-order valence-electron chi connectivity index (χ3n) is 2.74. The number of methoxy groups -OCH3 is 1. The number of carbonyl (C=O) groups is 1. The fourth-order valence-corrected chi connectivity index (χ4v) is 1.67. The molecule has 0 radical (unpaired) electrons. The van der Waals surface area contributed by atoms with Crippen LogP contribution in [0.25, 0.3) is 0 Å². The van der Waals surface area contributed by atoms with Gasteiger partial charge in [-0.1, -0.05) is 0 Å². The van der Waals surface area contributed by atoms with Crippen LogP contribution in [0, 0.1) is 5.82 Å². The van der Waals surface area contributed by atoms with E-state index in [2.05, 4.69) is 5.10 Å². The summed E-state index contributed by atoms with van der Waals surface area (Å²) in [5.74, 6) is -1.31. The van der Waals surface area contributed by atoms with Crippen molar-refractivity contribution >= 4 is 5.78 Å². The van der Waals surface area contributed by atoms with Gasteiger partial charge in [0, 0.05) is 11.8 Å². The molecule has 0 fully saturated rings. The topological polar surface area (TPSA) is 44.1 Å². The molecule has 0 atom stereocenters. The Morgan fingerprint density at radius 2 is 2.10 bits per heavy atom. The van der Waals surface area contributed by atoms with E-state index < -0.39 is 29.9 Å². The number of carbonyl (C=O) groups excluding carboxylic acids is 1. The zero-order valence-electron chi connectivity index (χ0n) is 10.8. The summed E-state index contributed by atoms with van der Waals surface area (Å²) in [6, 6.07) is 3.57. The zero-order chi connectivity index (χ0) is 15.6. The van der Waals surface area contributed by atoms with Gasteiger partial charge in [-0.25, -0.2) is 4.39 Å². The Morgan fingerprint density at radius 3 is 2.62 bits per heavy atom. The van der Waals surface area contributed by atoms with Gasteiger partial charge in [-0.15, -0.1) is 0 Å². The van der Waals surface area contributed by atoms with E-state index in [9.17, 15) is 22.4 Å². The third-order valence-corrected chi connectivity index (χ3v) is 2.74. The second-order valence-corrected chi connectivity index (χ2v) is 4.20. The highest BCUT2D eigenvalue weighted by molar-refractivity contribution is 5.96. The van der Waals surface area contributed by atoms with E-state index in [-0.39, 0.29) is 11.3 Å². The molecule has 0 spiro atoms. The molecule has 0 saturated heterocycles. The minimum Gasteiger partial charge on any atom is -0.494 e. The first-order valence-electron chi connectivity index (χ1n) is 5.77. The molecule has 2 aromatic rings. The molecule has 0 unspecified atom stereocenters. The lowest BCUT2D eigenvalue weighted by atomic mass is 10.1. The molecule has 1 heterocycles. The lowest BCUT2D eigenvalue weighted by Crippen LogP contribution is -2.11. The molecule has 0 N–H and O–H groups in total. The van der Waals surface area contributed by atoms with Crippen LogP contribution in [0.15, 0.2) is 30.6 Å². The first-order chi connectivity index (χ1) is 9.81. The van der Waals surface area contributed by atoms with Gasteiger partial charge in [0.15, 0.2) is 17.3 Å². The molecule has 0 aliphatic rings.